The zero-order valence-corrected chi connectivity index (χ0v) is 13.4. The van der Waals surface area contributed by atoms with E-state index < -0.39 is 0 Å². The topological polar surface area (TPSA) is 84.1 Å². The summed E-state index contributed by atoms with van der Waals surface area (Å²) in [7, 11) is 0. The molecular formula is C13H23N5O2S. The predicted octanol–water partition coefficient (Wildman–Crippen LogP) is 1.11. The van der Waals surface area contributed by atoms with E-state index in [-0.39, 0.29) is 18.6 Å². The first-order chi connectivity index (χ1) is 10.2. The Kier molecular flexibility index (Phi) is 5.98. The number of carbonyl (C=O) groups excluding carboxylic acids is 1. The Morgan fingerprint density at radius 2 is 2.19 bits per heavy atom. The molecule has 0 radical (unpaired) electrons. The molecule has 2 rings (SSSR count). The van der Waals surface area contributed by atoms with Gasteiger partial charge in [-0.1, -0.05) is 25.6 Å². The minimum absolute atomic E-state index is 0.00722. The lowest BCUT2D eigenvalue weighted by Gasteiger charge is -2.29. The summed E-state index contributed by atoms with van der Waals surface area (Å²) in [5, 5.41) is 21.5. The second-order valence-electron chi connectivity index (χ2n) is 5.21. The van der Waals surface area contributed by atoms with E-state index in [2.05, 4.69) is 29.4 Å². The molecule has 1 aromatic heterocycles. The highest BCUT2D eigenvalue weighted by Gasteiger charge is 2.28. The molecule has 0 bridgehead atoms. The fraction of sp³-hybridized carbons (Fsp3) is 0.846. The van der Waals surface area contributed by atoms with Gasteiger partial charge in [0.25, 0.3) is 0 Å². The van der Waals surface area contributed by atoms with Crippen molar-refractivity contribution in [2.24, 2.45) is 0 Å². The van der Waals surface area contributed by atoms with Gasteiger partial charge in [0.2, 0.25) is 11.1 Å². The van der Waals surface area contributed by atoms with Crippen LogP contribution in [-0.2, 0) is 4.79 Å². The summed E-state index contributed by atoms with van der Waals surface area (Å²) < 4.78 is 1.81. The third kappa shape index (κ3) is 4.16. The first-order valence-corrected chi connectivity index (χ1v) is 8.50. The van der Waals surface area contributed by atoms with E-state index in [0.29, 0.717) is 23.5 Å². The molecule has 1 heterocycles. The Balaban J connectivity index is 1.93. The number of nitrogens with zero attached hydrogens (tertiary/aromatic N) is 5. The molecule has 1 amide bonds. The quantitative estimate of drug-likeness (QED) is 0.688. The average Bonchev–Trinajstić information content (AvgIpc) is 3.23. The lowest BCUT2D eigenvalue weighted by Crippen LogP contribution is -2.42. The van der Waals surface area contributed by atoms with Gasteiger partial charge in [-0.15, -0.1) is 5.10 Å². The number of tetrazole rings is 1. The monoisotopic (exact) mass is 313 g/mol. The molecule has 0 unspecified atom stereocenters. The first-order valence-electron chi connectivity index (χ1n) is 7.52. The summed E-state index contributed by atoms with van der Waals surface area (Å²) in [5.74, 6) is 0.344. The fourth-order valence-electron chi connectivity index (χ4n) is 2.39. The van der Waals surface area contributed by atoms with E-state index in [1.165, 1.54) is 11.8 Å². The first kappa shape index (κ1) is 16.2. The molecule has 1 aromatic rings. The third-order valence-corrected chi connectivity index (χ3v) is 4.64. The van der Waals surface area contributed by atoms with Crippen LogP contribution in [0.3, 0.4) is 0 Å². The highest BCUT2D eigenvalue weighted by Crippen LogP contribution is 2.36. The maximum absolute atomic E-state index is 12.4. The van der Waals surface area contributed by atoms with Crippen molar-refractivity contribution in [1.29, 1.82) is 0 Å². The van der Waals surface area contributed by atoms with Crippen molar-refractivity contribution in [3.63, 3.8) is 0 Å². The molecule has 1 saturated carbocycles. The molecule has 7 nitrogen and oxygen atoms in total. The van der Waals surface area contributed by atoms with Crippen LogP contribution in [0.25, 0.3) is 0 Å². The van der Waals surface area contributed by atoms with E-state index in [9.17, 15) is 4.79 Å². The summed E-state index contributed by atoms with van der Waals surface area (Å²) in [4.78, 5) is 14.2. The maximum atomic E-state index is 12.4. The van der Waals surface area contributed by atoms with Gasteiger partial charge in [-0.2, -0.15) is 0 Å². The number of hydrogen-bond acceptors (Lipinski definition) is 6. The minimum Gasteiger partial charge on any atom is -0.395 e. The van der Waals surface area contributed by atoms with Crippen molar-refractivity contribution < 1.29 is 9.90 Å². The summed E-state index contributed by atoms with van der Waals surface area (Å²) in [6.45, 7) is 4.51. The maximum Gasteiger partial charge on any atom is 0.233 e. The highest BCUT2D eigenvalue weighted by molar-refractivity contribution is 7.99. The van der Waals surface area contributed by atoms with Crippen molar-refractivity contribution in [3.05, 3.63) is 0 Å². The molecule has 0 atom stereocenters. The van der Waals surface area contributed by atoms with Crippen molar-refractivity contribution in [2.45, 2.75) is 56.8 Å². The highest BCUT2D eigenvalue weighted by atomic mass is 32.2. The molecule has 0 spiro atoms. The van der Waals surface area contributed by atoms with E-state index in [1.807, 2.05) is 4.68 Å². The molecule has 1 N–H and O–H groups in total. The van der Waals surface area contributed by atoms with Gasteiger partial charge in [-0.25, -0.2) is 4.68 Å². The number of amides is 1. The molecule has 1 aliphatic carbocycles. The molecule has 1 aliphatic rings. The van der Waals surface area contributed by atoms with Gasteiger partial charge >= 0.3 is 0 Å². The Morgan fingerprint density at radius 1 is 1.48 bits per heavy atom. The number of thioether (sulfide) groups is 1. The smallest absolute Gasteiger partial charge is 0.233 e. The van der Waals surface area contributed by atoms with Gasteiger partial charge in [0.1, 0.15) is 0 Å². The molecule has 0 saturated heterocycles. The van der Waals surface area contributed by atoms with Crippen LogP contribution in [-0.4, -0.2) is 61.1 Å². The van der Waals surface area contributed by atoms with Gasteiger partial charge in [0, 0.05) is 12.6 Å². The van der Waals surface area contributed by atoms with Crippen molar-refractivity contribution in [3.8, 4) is 0 Å². The summed E-state index contributed by atoms with van der Waals surface area (Å²) >= 11 is 1.38. The zero-order valence-electron chi connectivity index (χ0n) is 12.6. The molecule has 0 aliphatic heterocycles. The Hall–Kier alpha value is -1.15. The minimum atomic E-state index is -0.00722. The number of hydrogen-bond donors (Lipinski definition) is 1. The molecule has 21 heavy (non-hydrogen) atoms. The number of aromatic nitrogens is 4. The van der Waals surface area contributed by atoms with E-state index in [4.69, 9.17) is 5.11 Å². The molecule has 0 aromatic carbocycles. The van der Waals surface area contributed by atoms with Gasteiger partial charge in [0.15, 0.2) is 0 Å². The number of carbonyl (C=O) groups is 1. The second kappa shape index (κ2) is 7.74. The van der Waals surface area contributed by atoms with Crippen LogP contribution < -0.4 is 0 Å². The number of rotatable bonds is 9. The molecule has 8 heteroatoms. The standard InChI is InChI=1S/C13H23N5O2S/c1-3-10(4-2)17(7-8-19)12(20)9-21-13-14-15-16-18(13)11-5-6-11/h10-11,19H,3-9H2,1-2H3. The largest absolute Gasteiger partial charge is 0.395 e. The van der Waals surface area contributed by atoms with Crippen LogP contribution >= 0.6 is 11.8 Å². The van der Waals surface area contributed by atoms with Crippen LogP contribution in [0.2, 0.25) is 0 Å². The van der Waals surface area contributed by atoms with E-state index >= 15 is 0 Å². The van der Waals surface area contributed by atoms with Gasteiger partial charge in [-0.3, -0.25) is 4.79 Å². The van der Waals surface area contributed by atoms with E-state index in [0.717, 1.165) is 25.7 Å². The van der Waals surface area contributed by atoms with Gasteiger partial charge in [-0.05, 0) is 36.1 Å². The molecule has 1 fully saturated rings. The number of aliphatic hydroxyl groups is 1. The summed E-state index contributed by atoms with van der Waals surface area (Å²) in [5.41, 5.74) is 0. The van der Waals surface area contributed by atoms with Crippen molar-refractivity contribution in [1.82, 2.24) is 25.1 Å². The molecular weight excluding hydrogens is 290 g/mol. The van der Waals surface area contributed by atoms with Gasteiger partial charge < -0.3 is 10.0 Å². The van der Waals surface area contributed by atoms with Crippen molar-refractivity contribution >= 4 is 17.7 Å². The Labute approximate surface area is 129 Å². The third-order valence-electron chi connectivity index (χ3n) is 3.72. The van der Waals surface area contributed by atoms with Crippen LogP contribution in [0.1, 0.15) is 45.6 Å². The molecule has 118 valence electrons. The zero-order chi connectivity index (χ0) is 15.2. The lowest BCUT2D eigenvalue weighted by molar-refractivity contribution is -0.131. The van der Waals surface area contributed by atoms with Crippen molar-refractivity contribution in [2.75, 3.05) is 18.9 Å². The summed E-state index contributed by atoms with van der Waals surface area (Å²) in [6.07, 6.45) is 4.01. The Morgan fingerprint density at radius 3 is 2.76 bits per heavy atom. The number of aliphatic hydroxyl groups excluding tert-OH is 1. The van der Waals surface area contributed by atoms with Crippen LogP contribution in [0.15, 0.2) is 5.16 Å². The van der Waals surface area contributed by atoms with Crippen LogP contribution in [0.4, 0.5) is 0 Å². The van der Waals surface area contributed by atoms with Gasteiger partial charge in [0.05, 0.1) is 18.4 Å². The SMILES string of the molecule is CCC(CC)N(CCO)C(=O)CSc1nnnn1C1CC1. The normalized spacial score (nSPS) is 14.7. The lowest BCUT2D eigenvalue weighted by atomic mass is 10.1. The van der Waals surface area contributed by atoms with Crippen LogP contribution in [0.5, 0.6) is 0 Å². The second-order valence-corrected chi connectivity index (χ2v) is 6.15. The predicted molar refractivity (Wildman–Crippen MR) is 80.0 cm³/mol. The summed E-state index contributed by atoms with van der Waals surface area (Å²) in [6, 6.07) is 0.592. The Bertz CT molecular complexity index is 459. The van der Waals surface area contributed by atoms with Crippen LogP contribution in [0, 0.1) is 0 Å². The van der Waals surface area contributed by atoms with E-state index in [1.54, 1.807) is 4.90 Å². The fourth-order valence-corrected chi connectivity index (χ4v) is 3.22. The average molecular weight is 313 g/mol.